The van der Waals surface area contributed by atoms with Crippen LogP contribution >= 0.6 is 49.9 Å². The minimum absolute atomic E-state index is 0.104. The van der Waals surface area contributed by atoms with Crippen LogP contribution in [0.5, 0.6) is 0 Å². The Morgan fingerprint density at radius 1 is 1.43 bits per heavy atom. The van der Waals surface area contributed by atoms with Crippen LogP contribution in [0.1, 0.15) is 12.0 Å². The molecule has 0 aliphatic carbocycles. The summed E-state index contributed by atoms with van der Waals surface area (Å²) in [5, 5.41) is 2.91. The van der Waals surface area contributed by atoms with Gasteiger partial charge in [-0.25, -0.2) is 8.78 Å². The van der Waals surface area contributed by atoms with Gasteiger partial charge in [0.25, 0.3) is 6.43 Å². The third-order valence-electron chi connectivity index (χ3n) is 1.89. The molecule has 0 spiro atoms. The van der Waals surface area contributed by atoms with Gasteiger partial charge in [-0.2, -0.15) is 0 Å². The number of hydrogen-bond donors (Lipinski definition) is 0. The second-order valence-corrected chi connectivity index (χ2v) is 5.57. The van der Waals surface area contributed by atoms with E-state index in [1.54, 1.807) is 0 Å². The summed E-state index contributed by atoms with van der Waals surface area (Å²) in [5.41, 5.74) is 0.104. The molecule has 1 aromatic carbocycles. The first-order valence-electron chi connectivity index (χ1n) is 3.74. The number of thiophene rings is 1. The molecule has 0 nitrogen and oxygen atoms in total. The fourth-order valence-electron chi connectivity index (χ4n) is 1.23. The second kappa shape index (κ2) is 4.02. The summed E-state index contributed by atoms with van der Waals surface area (Å²) in [6.45, 7) is 0. The van der Waals surface area contributed by atoms with Crippen molar-refractivity contribution < 1.29 is 8.78 Å². The predicted octanol–water partition coefficient (Wildman–Crippen LogP) is 5.21. The van der Waals surface area contributed by atoms with E-state index >= 15 is 0 Å². The van der Waals surface area contributed by atoms with Gasteiger partial charge in [0, 0.05) is 23.7 Å². The molecule has 2 rings (SSSR count). The Morgan fingerprint density at radius 2 is 2.14 bits per heavy atom. The van der Waals surface area contributed by atoms with Gasteiger partial charge in [0.2, 0.25) is 0 Å². The molecule has 0 saturated carbocycles. The first-order valence-corrected chi connectivity index (χ1v) is 6.49. The lowest BCUT2D eigenvalue weighted by Crippen LogP contribution is -1.89. The Labute approximate surface area is 106 Å². The molecule has 1 heterocycles. The zero-order valence-electron chi connectivity index (χ0n) is 6.73. The van der Waals surface area contributed by atoms with Crippen molar-refractivity contribution in [3.63, 3.8) is 0 Å². The zero-order valence-corrected chi connectivity index (χ0v) is 11.3. The van der Waals surface area contributed by atoms with Crippen molar-refractivity contribution in [3.8, 4) is 0 Å². The largest absolute Gasteiger partial charge is 0.264 e. The molecule has 0 N–H and O–H groups in total. The third-order valence-corrected chi connectivity index (χ3v) is 5.01. The van der Waals surface area contributed by atoms with Gasteiger partial charge in [-0.3, -0.25) is 0 Å². The number of rotatable bonds is 1. The van der Waals surface area contributed by atoms with Gasteiger partial charge >= 0.3 is 0 Å². The van der Waals surface area contributed by atoms with Crippen LogP contribution in [0.25, 0.3) is 10.1 Å². The van der Waals surface area contributed by atoms with Gasteiger partial charge in [0.15, 0.2) is 0 Å². The lowest BCUT2D eigenvalue weighted by Gasteiger charge is -2.05. The number of benzene rings is 1. The van der Waals surface area contributed by atoms with E-state index in [0.717, 1.165) is 14.6 Å². The number of halogens is 4. The highest BCUT2D eigenvalue weighted by Crippen LogP contribution is 2.37. The van der Waals surface area contributed by atoms with E-state index in [-0.39, 0.29) is 5.56 Å². The van der Waals surface area contributed by atoms with Gasteiger partial charge in [-0.05, 0) is 40.1 Å². The molecule has 0 aliphatic heterocycles. The number of fused-ring (bicyclic) bond motifs is 1. The van der Waals surface area contributed by atoms with Crippen molar-refractivity contribution in [1.82, 2.24) is 0 Å². The second-order valence-electron chi connectivity index (χ2n) is 2.73. The molecule has 0 radical (unpaired) electrons. The highest BCUT2D eigenvalue weighted by atomic mass is 127. The summed E-state index contributed by atoms with van der Waals surface area (Å²) in [6, 6.07) is 3.43. The van der Waals surface area contributed by atoms with Crippen molar-refractivity contribution in [2.75, 3.05) is 0 Å². The van der Waals surface area contributed by atoms with Crippen molar-refractivity contribution >= 4 is 59.9 Å². The molecule has 0 bridgehead atoms. The molecule has 14 heavy (non-hydrogen) atoms. The summed E-state index contributed by atoms with van der Waals surface area (Å²) < 4.78 is 27.6. The summed E-state index contributed by atoms with van der Waals surface area (Å²) >= 11 is 6.76. The Bertz CT molecular complexity index is 481. The van der Waals surface area contributed by atoms with E-state index in [4.69, 9.17) is 0 Å². The molecule has 0 atom stereocenters. The molecule has 0 saturated heterocycles. The van der Waals surface area contributed by atoms with Crippen molar-refractivity contribution in [1.29, 1.82) is 0 Å². The monoisotopic (exact) mass is 388 g/mol. The average Bonchev–Trinajstić information content (AvgIpc) is 2.59. The van der Waals surface area contributed by atoms with E-state index in [1.807, 2.05) is 34.0 Å². The average molecular weight is 389 g/mol. The van der Waals surface area contributed by atoms with E-state index in [1.165, 1.54) is 17.4 Å². The maximum Gasteiger partial charge on any atom is 0.264 e. The first-order chi connectivity index (χ1) is 6.61. The van der Waals surface area contributed by atoms with E-state index in [9.17, 15) is 8.78 Å². The fourth-order valence-corrected chi connectivity index (χ4v) is 3.87. The summed E-state index contributed by atoms with van der Waals surface area (Å²) in [7, 11) is 0. The lowest BCUT2D eigenvalue weighted by atomic mass is 10.2. The SMILES string of the molecule is FC(F)c1cc(Br)c2ccsc2c1I. The van der Waals surface area contributed by atoms with Crippen LogP contribution in [-0.2, 0) is 0 Å². The maximum atomic E-state index is 12.6. The third kappa shape index (κ3) is 1.69. The Balaban J connectivity index is 2.82. The van der Waals surface area contributed by atoms with Crippen LogP contribution in [0.15, 0.2) is 22.0 Å². The highest BCUT2D eigenvalue weighted by molar-refractivity contribution is 14.1. The normalized spacial score (nSPS) is 11.5. The quantitative estimate of drug-likeness (QED) is 0.588. The van der Waals surface area contributed by atoms with Crippen molar-refractivity contribution in [3.05, 3.63) is 31.1 Å². The summed E-state index contributed by atoms with van der Waals surface area (Å²) in [5.74, 6) is 0. The number of hydrogen-bond acceptors (Lipinski definition) is 1. The van der Waals surface area contributed by atoms with E-state index in [0.29, 0.717) is 3.57 Å². The van der Waals surface area contributed by atoms with Gasteiger partial charge in [-0.15, -0.1) is 11.3 Å². The first kappa shape index (κ1) is 10.8. The van der Waals surface area contributed by atoms with Crippen LogP contribution in [0.3, 0.4) is 0 Å². The van der Waals surface area contributed by atoms with E-state index < -0.39 is 6.43 Å². The molecule has 1 aromatic heterocycles. The summed E-state index contributed by atoms with van der Waals surface area (Å²) in [6.07, 6.45) is -2.41. The molecular formula is C9H4BrF2IS. The van der Waals surface area contributed by atoms with Crippen LogP contribution in [-0.4, -0.2) is 0 Å². The number of alkyl halides is 2. The Morgan fingerprint density at radius 3 is 2.79 bits per heavy atom. The molecule has 5 heteroatoms. The molecular weight excluding hydrogens is 385 g/mol. The molecule has 0 fully saturated rings. The summed E-state index contributed by atoms with van der Waals surface area (Å²) in [4.78, 5) is 0. The van der Waals surface area contributed by atoms with E-state index in [2.05, 4.69) is 15.9 Å². The lowest BCUT2D eigenvalue weighted by molar-refractivity contribution is 0.150. The van der Waals surface area contributed by atoms with Crippen molar-refractivity contribution in [2.24, 2.45) is 0 Å². The van der Waals surface area contributed by atoms with Gasteiger partial charge in [0.1, 0.15) is 0 Å². The topological polar surface area (TPSA) is 0 Å². The zero-order chi connectivity index (χ0) is 10.3. The molecule has 74 valence electrons. The molecule has 2 aromatic rings. The highest BCUT2D eigenvalue weighted by Gasteiger charge is 2.16. The minimum Gasteiger partial charge on any atom is -0.205 e. The van der Waals surface area contributed by atoms with Gasteiger partial charge in [-0.1, -0.05) is 15.9 Å². The standard InChI is InChI=1S/C9H4BrF2IS/c10-6-3-5(9(11)12)7(13)8-4(6)1-2-14-8/h1-3,9H. The van der Waals surface area contributed by atoms with Gasteiger partial charge in [0.05, 0.1) is 0 Å². The van der Waals surface area contributed by atoms with Gasteiger partial charge < -0.3 is 0 Å². The van der Waals surface area contributed by atoms with Crippen LogP contribution in [0.4, 0.5) is 8.78 Å². The van der Waals surface area contributed by atoms with Crippen LogP contribution in [0, 0.1) is 3.57 Å². The predicted molar refractivity (Wildman–Crippen MR) is 67.2 cm³/mol. The Kier molecular flexibility index (Phi) is 3.09. The van der Waals surface area contributed by atoms with Crippen molar-refractivity contribution in [2.45, 2.75) is 6.43 Å². The molecule has 0 aliphatic rings. The van der Waals surface area contributed by atoms with Crippen LogP contribution in [0.2, 0.25) is 0 Å². The molecule has 0 unspecified atom stereocenters. The maximum absolute atomic E-state index is 12.6. The Hall–Kier alpha value is 0.250. The van der Waals surface area contributed by atoms with Crippen LogP contribution < -0.4 is 0 Å². The smallest absolute Gasteiger partial charge is 0.205 e. The molecule has 0 amide bonds. The fraction of sp³-hybridized carbons (Fsp3) is 0.111. The minimum atomic E-state index is -2.41.